The predicted molar refractivity (Wildman–Crippen MR) is 62.0 cm³/mol. The van der Waals surface area contributed by atoms with Crippen LogP contribution in [0.5, 0.6) is 0 Å². The largest absolute Gasteiger partial charge is 0.384 e. The fraction of sp³-hybridized carbons (Fsp3) is 0.400. The highest BCUT2D eigenvalue weighted by atomic mass is 35.5. The second kappa shape index (κ2) is 4.49. The SMILES string of the molecule is Cl.N=C(N)c1cc2c([nH]c1=O)CCCC2. The molecule has 1 aromatic heterocycles. The lowest BCUT2D eigenvalue weighted by atomic mass is 9.95. The quantitative estimate of drug-likeness (QED) is 0.493. The van der Waals surface area contributed by atoms with Crippen LogP contribution in [0.4, 0.5) is 0 Å². The normalized spacial score (nSPS) is 13.9. The fourth-order valence-corrected chi connectivity index (χ4v) is 1.87. The third kappa shape index (κ3) is 2.21. The zero-order valence-corrected chi connectivity index (χ0v) is 9.12. The van der Waals surface area contributed by atoms with Crippen molar-refractivity contribution in [2.75, 3.05) is 0 Å². The maximum absolute atomic E-state index is 11.5. The molecule has 0 unspecified atom stereocenters. The summed E-state index contributed by atoms with van der Waals surface area (Å²) in [6, 6.07) is 1.76. The average Bonchev–Trinajstić information content (AvgIpc) is 2.16. The molecule has 0 fully saturated rings. The van der Waals surface area contributed by atoms with Gasteiger partial charge in [0.2, 0.25) is 0 Å². The minimum absolute atomic E-state index is 0. The Morgan fingerprint density at radius 3 is 2.73 bits per heavy atom. The van der Waals surface area contributed by atoms with Gasteiger partial charge in [-0.1, -0.05) is 0 Å². The molecule has 5 heteroatoms. The van der Waals surface area contributed by atoms with Crippen LogP contribution >= 0.6 is 12.4 Å². The number of hydrogen-bond donors (Lipinski definition) is 3. The summed E-state index contributed by atoms with van der Waals surface area (Å²) >= 11 is 0. The van der Waals surface area contributed by atoms with Crippen molar-refractivity contribution in [3.8, 4) is 0 Å². The van der Waals surface area contributed by atoms with Crippen LogP contribution in [-0.4, -0.2) is 10.8 Å². The summed E-state index contributed by atoms with van der Waals surface area (Å²) < 4.78 is 0. The van der Waals surface area contributed by atoms with Crippen molar-refractivity contribution in [2.45, 2.75) is 25.7 Å². The summed E-state index contributed by atoms with van der Waals surface area (Å²) in [5.74, 6) is -0.153. The zero-order chi connectivity index (χ0) is 10.1. The highest BCUT2D eigenvalue weighted by molar-refractivity contribution is 5.94. The third-order valence-electron chi connectivity index (χ3n) is 2.63. The van der Waals surface area contributed by atoms with Gasteiger partial charge in [0.25, 0.3) is 5.56 Å². The Balaban J connectivity index is 0.00000112. The van der Waals surface area contributed by atoms with E-state index in [1.807, 2.05) is 0 Å². The van der Waals surface area contributed by atoms with E-state index in [-0.39, 0.29) is 23.8 Å². The molecule has 0 bridgehead atoms. The number of nitrogen functional groups attached to an aromatic ring is 1. The second-order valence-electron chi connectivity index (χ2n) is 3.64. The van der Waals surface area contributed by atoms with E-state index in [1.54, 1.807) is 6.07 Å². The van der Waals surface area contributed by atoms with Crippen LogP contribution in [0.25, 0.3) is 0 Å². The Labute approximate surface area is 93.8 Å². The Kier molecular flexibility index (Phi) is 3.52. The van der Waals surface area contributed by atoms with Crippen LogP contribution in [0.1, 0.15) is 29.7 Å². The van der Waals surface area contributed by atoms with E-state index < -0.39 is 0 Å². The summed E-state index contributed by atoms with van der Waals surface area (Å²) in [5, 5.41) is 7.25. The first-order chi connectivity index (χ1) is 6.68. The number of nitrogens with one attached hydrogen (secondary N) is 2. The number of pyridine rings is 1. The maximum Gasteiger partial charge on any atom is 0.259 e. The molecule has 0 aliphatic heterocycles. The fourth-order valence-electron chi connectivity index (χ4n) is 1.87. The molecule has 0 aromatic carbocycles. The van der Waals surface area contributed by atoms with E-state index in [9.17, 15) is 4.79 Å². The molecule has 0 radical (unpaired) electrons. The second-order valence-corrected chi connectivity index (χ2v) is 3.64. The smallest absolute Gasteiger partial charge is 0.259 e. The first-order valence-corrected chi connectivity index (χ1v) is 4.78. The van der Waals surface area contributed by atoms with Gasteiger partial charge in [-0.05, 0) is 37.3 Å². The molecule has 82 valence electrons. The summed E-state index contributed by atoms with van der Waals surface area (Å²) in [7, 11) is 0. The van der Waals surface area contributed by atoms with Gasteiger partial charge in [-0.15, -0.1) is 12.4 Å². The van der Waals surface area contributed by atoms with Crippen LogP contribution in [0.15, 0.2) is 10.9 Å². The third-order valence-corrected chi connectivity index (χ3v) is 2.63. The van der Waals surface area contributed by atoms with Gasteiger partial charge in [-0.2, -0.15) is 0 Å². The number of amidine groups is 1. The van der Waals surface area contributed by atoms with Gasteiger partial charge in [0, 0.05) is 5.69 Å². The predicted octanol–water partition coefficient (Wildman–Crippen LogP) is 0.960. The molecule has 4 nitrogen and oxygen atoms in total. The molecule has 1 aliphatic carbocycles. The van der Waals surface area contributed by atoms with Gasteiger partial charge < -0.3 is 10.7 Å². The number of aromatic amines is 1. The first kappa shape index (κ1) is 11.8. The van der Waals surface area contributed by atoms with Gasteiger partial charge in [0.1, 0.15) is 5.84 Å². The molecule has 4 N–H and O–H groups in total. The highest BCUT2D eigenvalue weighted by Crippen LogP contribution is 2.18. The topological polar surface area (TPSA) is 82.7 Å². The van der Waals surface area contributed by atoms with E-state index in [4.69, 9.17) is 11.1 Å². The molecule has 1 aromatic rings. The Bertz CT molecular complexity index is 439. The Morgan fingerprint density at radius 2 is 2.07 bits per heavy atom. The van der Waals surface area contributed by atoms with E-state index in [0.29, 0.717) is 5.56 Å². The summed E-state index contributed by atoms with van der Waals surface area (Å²) in [6.45, 7) is 0. The number of hydrogen-bond acceptors (Lipinski definition) is 2. The van der Waals surface area contributed by atoms with Crippen molar-refractivity contribution in [3.05, 3.63) is 33.2 Å². The van der Waals surface area contributed by atoms with E-state index in [0.717, 1.165) is 36.9 Å². The average molecular weight is 228 g/mol. The maximum atomic E-state index is 11.5. The van der Waals surface area contributed by atoms with Crippen LogP contribution in [-0.2, 0) is 12.8 Å². The molecule has 15 heavy (non-hydrogen) atoms. The lowest BCUT2D eigenvalue weighted by Crippen LogP contribution is -2.26. The summed E-state index contributed by atoms with van der Waals surface area (Å²) in [4.78, 5) is 14.3. The lowest BCUT2D eigenvalue weighted by molar-refractivity contribution is 0.665. The number of halogens is 1. The van der Waals surface area contributed by atoms with E-state index >= 15 is 0 Å². The molecular formula is C10H14ClN3O. The molecule has 1 heterocycles. The Hall–Kier alpha value is -1.29. The minimum atomic E-state index is -0.238. The van der Waals surface area contributed by atoms with E-state index in [1.165, 1.54) is 0 Å². The van der Waals surface area contributed by atoms with Gasteiger partial charge >= 0.3 is 0 Å². The van der Waals surface area contributed by atoms with Crippen LogP contribution in [0.2, 0.25) is 0 Å². The number of H-pyrrole nitrogens is 1. The monoisotopic (exact) mass is 227 g/mol. The van der Waals surface area contributed by atoms with Gasteiger partial charge in [0.05, 0.1) is 5.56 Å². The van der Waals surface area contributed by atoms with Crippen molar-refractivity contribution >= 4 is 18.2 Å². The number of rotatable bonds is 1. The molecule has 0 atom stereocenters. The van der Waals surface area contributed by atoms with Crippen molar-refractivity contribution < 1.29 is 0 Å². The number of aryl methyl sites for hydroxylation is 2. The molecule has 0 spiro atoms. The number of aromatic nitrogens is 1. The van der Waals surface area contributed by atoms with Gasteiger partial charge in [0.15, 0.2) is 0 Å². The molecule has 0 amide bonds. The number of nitrogens with two attached hydrogens (primary N) is 1. The van der Waals surface area contributed by atoms with E-state index in [2.05, 4.69) is 4.98 Å². The van der Waals surface area contributed by atoms with Crippen molar-refractivity contribution in [3.63, 3.8) is 0 Å². The molecule has 0 saturated carbocycles. The Morgan fingerprint density at radius 1 is 1.40 bits per heavy atom. The van der Waals surface area contributed by atoms with Crippen LogP contribution < -0.4 is 11.3 Å². The van der Waals surface area contributed by atoms with Crippen LogP contribution in [0.3, 0.4) is 0 Å². The first-order valence-electron chi connectivity index (χ1n) is 4.78. The minimum Gasteiger partial charge on any atom is -0.384 e. The van der Waals surface area contributed by atoms with Crippen LogP contribution in [0, 0.1) is 5.41 Å². The zero-order valence-electron chi connectivity index (χ0n) is 8.30. The molecular weight excluding hydrogens is 214 g/mol. The van der Waals surface area contributed by atoms with Crippen molar-refractivity contribution in [1.82, 2.24) is 4.98 Å². The lowest BCUT2D eigenvalue weighted by Gasteiger charge is -2.15. The van der Waals surface area contributed by atoms with Crippen molar-refractivity contribution in [1.29, 1.82) is 5.41 Å². The highest BCUT2D eigenvalue weighted by Gasteiger charge is 2.13. The molecule has 0 saturated heterocycles. The van der Waals surface area contributed by atoms with Crippen molar-refractivity contribution in [2.24, 2.45) is 5.73 Å². The summed E-state index contributed by atoms with van der Waals surface area (Å²) in [5.41, 5.74) is 7.53. The molecule has 1 aliphatic rings. The standard InChI is InChI=1S/C10H13N3O.ClH/c11-9(12)7-5-6-3-1-2-4-8(6)13-10(7)14;/h5H,1-4H2,(H3,11,12)(H,13,14);1H. The summed E-state index contributed by atoms with van der Waals surface area (Å²) in [6.07, 6.45) is 4.19. The van der Waals surface area contributed by atoms with Gasteiger partial charge in [-0.25, -0.2) is 0 Å². The van der Waals surface area contributed by atoms with Gasteiger partial charge in [-0.3, -0.25) is 10.2 Å². The molecule has 2 rings (SSSR count). The number of fused-ring (bicyclic) bond motifs is 1.